The average Bonchev–Trinajstić information content (AvgIpc) is 2.36. The molecule has 1 atom stereocenters. The summed E-state index contributed by atoms with van der Waals surface area (Å²) in [5.41, 5.74) is 0. The zero-order valence-electron chi connectivity index (χ0n) is 10.5. The highest BCUT2D eigenvalue weighted by molar-refractivity contribution is 8.00. The lowest BCUT2D eigenvalue weighted by atomic mass is 9.83. The van der Waals surface area contributed by atoms with Crippen LogP contribution in [0.2, 0.25) is 0 Å². The molecule has 2 amide bonds. The SMILES string of the molecule is CSC1(CN2CCC(=O)NC(C)C2=O)CCC1. The van der Waals surface area contributed by atoms with Crippen LogP contribution in [-0.4, -0.2) is 46.8 Å². The van der Waals surface area contributed by atoms with E-state index >= 15 is 0 Å². The van der Waals surface area contributed by atoms with Crippen molar-refractivity contribution in [3.63, 3.8) is 0 Å². The Morgan fingerprint density at radius 2 is 2.18 bits per heavy atom. The highest BCUT2D eigenvalue weighted by Gasteiger charge is 2.40. The van der Waals surface area contributed by atoms with Gasteiger partial charge in [0.05, 0.1) is 0 Å². The molecular formula is C12H20N2O2S. The number of hydrogen-bond acceptors (Lipinski definition) is 3. The van der Waals surface area contributed by atoms with Crippen molar-refractivity contribution < 1.29 is 9.59 Å². The molecule has 1 aliphatic carbocycles. The summed E-state index contributed by atoms with van der Waals surface area (Å²) in [5, 5.41) is 2.72. The lowest BCUT2D eigenvalue weighted by molar-refractivity contribution is -0.133. The number of nitrogens with zero attached hydrogens (tertiary/aromatic N) is 1. The van der Waals surface area contributed by atoms with Crippen LogP contribution in [0.25, 0.3) is 0 Å². The zero-order chi connectivity index (χ0) is 12.5. The maximum atomic E-state index is 12.1. The van der Waals surface area contributed by atoms with Gasteiger partial charge in [-0.05, 0) is 26.0 Å². The van der Waals surface area contributed by atoms with Gasteiger partial charge in [-0.2, -0.15) is 11.8 Å². The molecule has 2 aliphatic rings. The van der Waals surface area contributed by atoms with Crippen LogP contribution in [0, 0.1) is 0 Å². The van der Waals surface area contributed by atoms with E-state index in [4.69, 9.17) is 0 Å². The third kappa shape index (κ3) is 2.59. The van der Waals surface area contributed by atoms with Gasteiger partial charge in [0.1, 0.15) is 6.04 Å². The minimum Gasteiger partial charge on any atom is -0.345 e. The van der Waals surface area contributed by atoms with E-state index in [0.29, 0.717) is 13.0 Å². The second kappa shape index (κ2) is 4.88. The van der Waals surface area contributed by atoms with Crippen molar-refractivity contribution in [1.29, 1.82) is 0 Å². The van der Waals surface area contributed by atoms with Gasteiger partial charge in [-0.25, -0.2) is 0 Å². The summed E-state index contributed by atoms with van der Waals surface area (Å²) in [6.07, 6.45) is 6.19. The number of thioether (sulfide) groups is 1. The molecule has 0 aromatic carbocycles. The zero-order valence-corrected chi connectivity index (χ0v) is 11.3. The summed E-state index contributed by atoms with van der Waals surface area (Å²) in [4.78, 5) is 25.4. The molecule has 1 aliphatic heterocycles. The minimum absolute atomic E-state index is 0.0137. The fraction of sp³-hybridized carbons (Fsp3) is 0.833. The van der Waals surface area contributed by atoms with Crippen LogP contribution in [0.1, 0.15) is 32.6 Å². The van der Waals surface area contributed by atoms with E-state index in [9.17, 15) is 9.59 Å². The van der Waals surface area contributed by atoms with Gasteiger partial charge in [0.25, 0.3) is 0 Å². The maximum Gasteiger partial charge on any atom is 0.244 e. The van der Waals surface area contributed by atoms with Gasteiger partial charge in [0.2, 0.25) is 11.8 Å². The first-order chi connectivity index (χ1) is 8.06. The van der Waals surface area contributed by atoms with Gasteiger partial charge >= 0.3 is 0 Å². The second-order valence-electron chi connectivity index (χ2n) is 5.04. The smallest absolute Gasteiger partial charge is 0.244 e. The molecule has 4 nitrogen and oxygen atoms in total. The van der Waals surface area contributed by atoms with E-state index < -0.39 is 0 Å². The summed E-state index contributed by atoms with van der Waals surface area (Å²) in [6.45, 7) is 3.13. The Morgan fingerprint density at radius 1 is 1.47 bits per heavy atom. The van der Waals surface area contributed by atoms with Crippen molar-refractivity contribution in [3.05, 3.63) is 0 Å². The summed E-state index contributed by atoms with van der Waals surface area (Å²) in [7, 11) is 0. The Balaban J connectivity index is 2.03. The Hall–Kier alpha value is -0.710. The fourth-order valence-electron chi connectivity index (χ4n) is 2.50. The van der Waals surface area contributed by atoms with Gasteiger partial charge in [-0.1, -0.05) is 6.42 Å². The topological polar surface area (TPSA) is 49.4 Å². The number of nitrogens with one attached hydrogen (secondary N) is 1. The molecule has 1 heterocycles. The molecule has 2 rings (SSSR count). The number of amides is 2. The Morgan fingerprint density at radius 3 is 2.71 bits per heavy atom. The molecule has 96 valence electrons. The van der Waals surface area contributed by atoms with Gasteiger partial charge < -0.3 is 10.2 Å². The number of rotatable bonds is 3. The molecule has 1 unspecified atom stereocenters. The molecule has 0 bridgehead atoms. The lowest BCUT2D eigenvalue weighted by Crippen LogP contribution is -2.50. The van der Waals surface area contributed by atoms with E-state index in [1.807, 2.05) is 16.7 Å². The number of hydrogen-bond donors (Lipinski definition) is 1. The van der Waals surface area contributed by atoms with Gasteiger partial charge in [0, 0.05) is 24.3 Å². The predicted molar refractivity (Wildman–Crippen MR) is 68.9 cm³/mol. The molecule has 1 saturated heterocycles. The largest absolute Gasteiger partial charge is 0.345 e. The van der Waals surface area contributed by atoms with Crippen molar-refractivity contribution >= 4 is 23.6 Å². The van der Waals surface area contributed by atoms with E-state index in [1.54, 1.807) is 6.92 Å². The third-order valence-corrected chi connectivity index (χ3v) is 5.25. The van der Waals surface area contributed by atoms with E-state index in [-0.39, 0.29) is 22.6 Å². The third-order valence-electron chi connectivity index (χ3n) is 3.85. The molecule has 0 aromatic heterocycles. The van der Waals surface area contributed by atoms with Crippen LogP contribution in [0.5, 0.6) is 0 Å². The van der Waals surface area contributed by atoms with Gasteiger partial charge in [-0.3, -0.25) is 9.59 Å². The van der Waals surface area contributed by atoms with Crippen LogP contribution in [0.4, 0.5) is 0 Å². The van der Waals surface area contributed by atoms with Crippen molar-refractivity contribution in [2.24, 2.45) is 0 Å². The van der Waals surface area contributed by atoms with Gasteiger partial charge in [0.15, 0.2) is 0 Å². The quantitative estimate of drug-likeness (QED) is 0.820. The van der Waals surface area contributed by atoms with Crippen LogP contribution >= 0.6 is 11.8 Å². The van der Waals surface area contributed by atoms with Crippen molar-refractivity contribution in [2.45, 2.75) is 43.4 Å². The molecular weight excluding hydrogens is 236 g/mol. The van der Waals surface area contributed by atoms with Crippen LogP contribution < -0.4 is 5.32 Å². The van der Waals surface area contributed by atoms with Gasteiger partial charge in [-0.15, -0.1) is 0 Å². The van der Waals surface area contributed by atoms with E-state index in [0.717, 1.165) is 6.54 Å². The van der Waals surface area contributed by atoms with E-state index in [2.05, 4.69) is 11.6 Å². The first-order valence-electron chi connectivity index (χ1n) is 6.20. The molecule has 0 spiro atoms. The second-order valence-corrected chi connectivity index (χ2v) is 6.31. The standard InChI is InChI=1S/C12H20N2O2S/c1-9-11(16)14(7-4-10(15)13-9)8-12(17-2)5-3-6-12/h9H,3-8H2,1-2H3,(H,13,15). The van der Waals surface area contributed by atoms with Crippen molar-refractivity contribution in [1.82, 2.24) is 10.2 Å². The molecule has 17 heavy (non-hydrogen) atoms. The molecule has 2 fully saturated rings. The Kier molecular flexibility index (Phi) is 3.66. The average molecular weight is 256 g/mol. The highest BCUT2D eigenvalue weighted by Crippen LogP contribution is 2.43. The predicted octanol–water partition coefficient (Wildman–Crippen LogP) is 1.01. The van der Waals surface area contributed by atoms with Crippen LogP contribution in [0.15, 0.2) is 0 Å². The summed E-state index contributed by atoms with van der Waals surface area (Å²) in [5.74, 6) is 0.0522. The van der Waals surface area contributed by atoms with Crippen LogP contribution in [0.3, 0.4) is 0 Å². The fourth-order valence-corrected chi connectivity index (χ4v) is 3.48. The number of carbonyl (C=O) groups excluding carboxylic acids is 2. The van der Waals surface area contributed by atoms with Crippen LogP contribution in [-0.2, 0) is 9.59 Å². The Bertz CT molecular complexity index is 323. The van der Waals surface area contributed by atoms with Crippen molar-refractivity contribution in [3.8, 4) is 0 Å². The van der Waals surface area contributed by atoms with E-state index in [1.165, 1.54) is 19.3 Å². The molecule has 0 aromatic rings. The van der Waals surface area contributed by atoms with Crippen molar-refractivity contribution in [2.75, 3.05) is 19.3 Å². The molecule has 1 N–H and O–H groups in total. The monoisotopic (exact) mass is 256 g/mol. The molecule has 0 radical (unpaired) electrons. The normalized spacial score (nSPS) is 28.4. The number of carbonyl (C=O) groups is 2. The lowest BCUT2D eigenvalue weighted by Gasteiger charge is -2.43. The molecule has 1 saturated carbocycles. The highest BCUT2D eigenvalue weighted by atomic mass is 32.2. The molecule has 5 heteroatoms. The summed E-state index contributed by atoms with van der Waals surface area (Å²) in [6, 6.07) is -0.371. The summed E-state index contributed by atoms with van der Waals surface area (Å²) >= 11 is 1.86. The maximum absolute atomic E-state index is 12.1. The first-order valence-corrected chi connectivity index (χ1v) is 7.42. The first kappa shape index (κ1) is 12.7. The minimum atomic E-state index is -0.371. The summed E-state index contributed by atoms with van der Waals surface area (Å²) < 4.78 is 0.253. The Labute approximate surface area is 106 Å².